The summed E-state index contributed by atoms with van der Waals surface area (Å²) in [5.74, 6) is -0.643. The molecule has 0 saturated carbocycles. The summed E-state index contributed by atoms with van der Waals surface area (Å²) in [5.41, 5.74) is 5.83. The number of rotatable bonds is 2. The van der Waals surface area contributed by atoms with Gasteiger partial charge in [-0.15, -0.1) is 0 Å². The van der Waals surface area contributed by atoms with Crippen molar-refractivity contribution in [2.45, 2.75) is 0 Å². The number of methoxy groups -OCH3 is 1. The van der Waals surface area contributed by atoms with Gasteiger partial charge in [0.2, 0.25) is 0 Å². The van der Waals surface area contributed by atoms with Gasteiger partial charge in [0.1, 0.15) is 11.5 Å². The zero-order valence-corrected chi connectivity index (χ0v) is 7.07. The molecule has 1 rings (SSSR count). The van der Waals surface area contributed by atoms with Crippen LogP contribution in [0.15, 0.2) is 18.3 Å². The minimum absolute atomic E-state index is 0.104. The molecule has 1 heterocycles. The molecule has 0 aromatic carbocycles. The monoisotopic (exact) mass is 179 g/mol. The maximum Gasteiger partial charge on any atom is 0.356 e. The molecule has 0 aliphatic rings. The predicted octanol–water partition coefficient (Wildman–Crippen LogP) is 0.152. The van der Waals surface area contributed by atoms with E-state index < -0.39 is 5.97 Å². The molecule has 13 heavy (non-hydrogen) atoms. The van der Waals surface area contributed by atoms with Gasteiger partial charge in [-0.05, 0) is 12.1 Å². The number of nitrogens with one attached hydrogen (secondary N) is 1. The van der Waals surface area contributed by atoms with Crippen LogP contribution < -0.4 is 5.73 Å². The molecular formula is C8H9N3O2. The van der Waals surface area contributed by atoms with Gasteiger partial charge in [-0.2, -0.15) is 0 Å². The third kappa shape index (κ3) is 2.02. The molecule has 0 fully saturated rings. The van der Waals surface area contributed by atoms with Crippen LogP contribution in [0.4, 0.5) is 0 Å². The molecule has 0 atom stereocenters. The summed E-state index contributed by atoms with van der Waals surface area (Å²) >= 11 is 0. The number of hydrogen-bond donors (Lipinski definition) is 2. The van der Waals surface area contributed by atoms with E-state index in [0.29, 0.717) is 5.56 Å². The lowest BCUT2D eigenvalue weighted by Crippen LogP contribution is -2.13. The molecule has 0 amide bonds. The standard InChI is InChI=1S/C8H9N3O2/c1-13-8(12)6-4-5(7(9)10)2-3-11-6/h2-4H,1H3,(H3,9,10). The highest BCUT2D eigenvalue weighted by Gasteiger charge is 2.07. The first-order valence-electron chi connectivity index (χ1n) is 3.54. The van der Waals surface area contributed by atoms with E-state index >= 15 is 0 Å². The first-order valence-corrected chi connectivity index (χ1v) is 3.54. The van der Waals surface area contributed by atoms with E-state index in [1.165, 1.54) is 19.4 Å². The van der Waals surface area contributed by atoms with Crippen LogP contribution in [0.3, 0.4) is 0 Å². The zero-order valence-electron chi connectivity index (χ0n) is 7.07. The number of aromatic nitrogens is 1. The third-order valence-corrected chi connectivity index (χ3v) is 1.47. The number of amidine groups is 1. The minimum Gasteiger partial charge on any atom is -0.464 e. The molecule has 5 heteroatoms. The van der Waals surface area contributed by atoms with Gasteiger partial charge in [-0.25, -0.2) is 9.78 Å². The number of carbonyl (C=O) groups is 1. The molecule has 0 radical (unpaired) electrons. The van der Waals surface area contributed by atoms with Crippen molar-refractivity contribution in [3.05, 3.63) is 29.6 Å². The highest BCUT2D eigenvalue weighted by Crippen LogP contribution is 2.01. The SMILES string of the molecule is COC(=O)c1cc(C(=N)N)ccn1. The largest absolute Gasteiger partial charge is 0.464 e. The van der Waals surface area contributed by atoms with Gasteiger partial charge in [0.05, 0.1) is 7.11 Å². The number of hydrogen-bond acceptors (Lipinski definition) is 4. The first-order chi connectivity index (χ1) is 6.15. The van der Waals surface area contributed by atoms with Gasteiger partial charge in [0, 0.05) is 11.8 Å². The maximum atomic E-state index is 11.0. The van der Waals surface area contributed by atoms with E-state index in [2.05, 4.69) is 9.72 Å². The van der Waals surface area contributed by atoms with Crippen molar-refractivity contribution < 1.29 is 9.53 Å². The van der Waals surface area contributed by atoms with Crippen LogP contribution in [-0.2, 0) is 4.74 Å². The molecule has 0 spiro atoms. The first kappa shape index (κ1) is 9.18. The van der Waals surface area contributed by atoms with Crippen molar-refractivity contribution in [3.8, 4) is 0 Å². The van der Waals surface area contributed by atoms with Crippen molar-refractivity contribution in [1.82, 2.24) is 4.98 Å². The Hall–Kier alpha value is -1.91. The Morgan fingerprint density at radius 2 is 2.38 bits per heavy atom. The van der Waals surface area contributed by atoms with Crippen LogP contribution in [0.1, 0.15) is 16.1 Å². The molecule has 3 N–H and O–H groups in total. The molecular weight excluding hydrogens is 170 g/mol. The predicted molar refractivity (Wildman–Crippen MR) is 46.6 cm³/mol. The maximum absolute atomic E-state index is 11.0. The minimum atomic E-state index is -0.539. The van der Waals surface area contributed by atoms with E-state index in [1.54, 1.807) is 6.07 Å². The Bertz CT molecular complexity index is 349. The van der Waals surface area contributed by atoms with Crippen molar-refractivity contribution in [1.29, 1.82) is 5.41 Å². The summed E-state index contributed by atoms with van der Waals surface area (Å²) < 4.78 is 4.46. The smallest absolute Gasteiger partial charge is 0.356 e. The number of pyridine rings is 1. The van der Waals surface area contributed by atoms with Gasteiger partial charge < -0.3 is 10.5 Å². The van der Waals surface area contributed by atoms with Crippen LogP contribution in [0.25, 0.3) is 0 Å². The number of ether oxygens (including phenoxy) is 1. The van der Waals surface area contributed by atoms with Gasteiger partial charge >= 0.3 is 5.97 Å². The summed E-state index contributed by atoms with van der Waals surface area (Å²) in [7, 11) is 1.27. The molecule has 1 aromatic heterocycles. The van der Waals surface area contributed by atoms with E-state index in [4.69, 9.17) is 11.1 Å². The number of nitrogens with two attached hydrogens (primary N) is 1. The van der Waals surface area contributed by atoms with Crippen molar-refractivity contribution in [3.63, 3.8) is 0 Å². The van der Waals surface area contributed by atoms with Crippen LogP contribution in [0.5, 0.6) is 0 Å². The van der Waals surface area contributed by atoms with Crippen molar-refractivity contribution in [2.75, 3.05) is 7.11 Å². The Kier molecular flexibility index (Phi) is 2.59. The normalized spacial score (nSPS) is 9.31. The third-order valence-electron chi connectivity index (χ3n) is 1.47. The quantitative estimate of drug-likeness (QED) is 0.384. The van der Waals surface area contributed by atoms with Gasteiger partial charge in [-0.3, -0.25) is 5.41 Å². The van der Waals surface area contributed by atoms with Gasteiger partial charge in [0.15, 0.2) is 0 Å². The highest BCUT2D eigenvalue weighted by molar-refractivity contribution is 5.97. The molecule has 0 unspecified atom stereocenters. The Morgan fingerprint density at radius 1 is 1.69 bits per heavy atom. The highest BCUT2D eigenvalue weighted by atomic mass is 16.5. The molecule has 1 aromatic rings. The second-order valence-electron chi connectivity index (χ2n) is 2.34. The Labute approximate surface area is 75.0 Å². The summed E-state index contributed by atoms with van der Waals surface area (Å²) in [6.07, 6.45) is 1.41. The molecule has 68 valence electrons. The number of nitrogen functional groups attached to an aromatic ring is 1. The Balaban J connectivity index is 3.05. The fraction of sp³-hybridized carbons (Fsp3) is 0.125. The average molecular weight is 179 g/mol. The average Bonchev–Trinajstić information content (AvgIpc) is 2.17. The number of esters is 1. The number of carbonyl (C=O) groups excluding carboxylic acids is 1. The van der Waals surface area contributed by atoms with Crippen LogP contribution in [-0.4, -0.2) is 23.9 Å². The topological polar surface area (TPSA) is 89.1 Å². The Morgan fingerprint density at radius 3 is 2.92 bits per heavy atom. The van der Waals surface area contributed by atoms with E-state index in [1.807, 2.05) is 0 Å². The summed E-state index contributed by atoms with van der Waals surface area (Å²) in [5, 5.41) is 7.13. The van der Waals surface area contributed by atoms with Crippen molar-refractivity contribution in [2.24, 2.45) is 5.73 Å². The van der Waals surface area contributed by atoms with Crippen LogP contribution in [0.2, 0.25) is 0 Å². The van der Waals surface area contributed by atoms with E-state index in [9.17, 15) is 4.79 Å². The lowest BCUT2D eigenvalue weighted by atomic mass is 10.2. The summed E-state index contributed by atoms with van der Waals surface area (Å²) in [6.45, 7) is 0. The second kappa shape index (κ2) is 3.66. The fourth-order valence-corrected chi connectivity index (χ4v) is 0.814. The van der Waals surface area contributed by atoms with Crippen LogP contribution >= 0.6 is 0 Å². The zero-order chi connectivity index (χ0) is 9.84. The van der Waals surface area contributed by atoms with E-state index in [-0.39, 0.29) is 11.5 Å². The second-order valence-corrected chi connectivity index (χ2v) is 2.34. The summed E-state index contributed by atoms with van der Waals surface area (Å²) in [6, 6.07) is 2.96. The molecule has 0 aliphatic carbocycles. The fourth-order valence-electron chi connectivity index (χ4n) is 0.814. The van der Waals surface area contributed by atoms with Gasteiger partial charge in [0.25, 0.3) is 0 Å². The lowest BCUT2D eigenvalue weighted by Gasteiger charge is -2.00. The van der Waals surface area contributed by atoms with Gasteiger partial charge in [-0.1, -0.05) is 0 Å². The lowest BCUT2D eigenvalue weighted by molar-refractivity contribution is 0.0594. The molecule has 0 bridgehead atoms. The summed E-state index contributed by atoms with van der Waals surface area (Å²) in [4.78, 5) is 14.8. The van der Waals surface area contributed by atoms with Crippen LogP contribution in [0, 0.1) is 5.41 Å². The number of nitrogens with zero attached hydrogens (tertiary/aromatic N) is 1. The molecule has 0 saturated heterocycles. The molecule has 5 nitrogen and oxygen atoms in total. The van der Waals surface area contributed by atoms with E-state index in [0.717, 1.165) is 0 Å². The van der Waals surface area contributed by atoms with Crippen molar-refractivity contribution >= 4 is 11.8 Å². The molecule has 0 aliphatic heterocycles.